The Morgan fingerprint density at radius 3 is 2.38 bits per heavy atom. The van der Waals surface area contributed by atoms with Crippen LogP contribution in [0.4, 0.5) is 4.39 Å². The molecule has 0 spiro atoms. The van der Waals surface area contributed by atoms with Gasteiger partial charge in [0.1, 0.15) is 5.82 Å². The molecule has 0 saturated heterocycles. The maximum Gasteiger partial charge on any atom is 0.251 e. The second-order valence-electron chi connectivity index (χ2n) is 4.85. The molecule has 0 heterocycles. The van der Waals surface area contributed by atoms with Crippen LogP contribution in [0.3, 0.4) is 0 Å². The first-order valence-electron chi connectivity index (χ1n) is 6.64. The molecule has 1 N–H and O–H groups in total. The van der Waals surface area contributed by atoms with E-state index in [1.165, 1.54) is 12.1 Å². The number of benzene rings is 2. The van der Waals surface area contributed by atoms with Crippen molar-refractivity contribution >= 4 is 5.91 Å². The van der Waals surface area contributed by atoms with E-state index in [9.17, 15) is 9.18 Å². The Morgan fingerprint density at radius 1 is 1.19 bits per heavy atom. The molecule has 0 saturated carbocycles. The average Bonchev–Trinajstić information content (AvgIpc) is 2.53. The SMILES string of the molecule is CC(CNC(=O)c1ccc(C#N)cc1)c1ccc(F)cc1. The van der Waals surface area contributed by atoms with E-state index in [0.717, 1.165) is 5.56 Å². The van der Waals surface area contributed by atoms with Crippen LogP contribution >= 0.6 is 0 Å². The van der Waals surface area contributed by atoms with Gasteiger partial charge in [0.25, 0.3) is 5.91 Å². The van der Waals surface area contributed by atoms with Crippen molar-refractivity contribution in [1.82, 2.24) is 5.32 Å². The van der Waals surface area contributed by atoms with Crippen LogP contribution in [-0.2, 0) is 0 Å². The van der Waals surface area contributed by atoms with Crippen LogP contribution in [0.5, 0.6) is 0 Å². The van der Waals surface area contributed by atoms with E-state index >= 15 is 0 Å². The summed E-state index contributed by atoms with van der Waals surface area (Å²) in [5.41, 5.74) is 2.00. The number of nitriles is 1. The molecule has 1 atom stereocenters. The van der Waals surface area contributed by atoms with Gasteiger partial charge in [0.05, 0.1) is 11.6 Å². The van der Waals surface area contributed by atoms with Gasteiger partial charge in [0.15, 0.2) is 0 Å². The summed E-state index contributed by atoms with van der Waals surface area (Å²) >= 11 is 0. The molecule has 3 nitrogen and oxygen atoms in total. The Bertz CT molecular complexity index is 657. The second-order valence-corrected chi connectivity index (χ2v) is 4.85. The number of rotatable bonds is 4. The summed E-state index contributed by atoms with van der Waals surface area (Å²) in [6.45, 7) is 2.43. The van der Waals surface area contributed by atoms with E-state index in [1.807, 2.05) is 13.0 Å². The Labute approximate surface area is 123 Å². The summed E-state index contributed by atoms with van der Waals surface area (Å²) < 4.78 is 12.9. The van der Waals surface area contributed by atoms with Crippen molar-refractivity contribution in [2.24, 2.45) is 0 Å². The maximum atomic E-state index is 12.9. The van der Waals surface area contributed by atoms with Gasteiger partial charge in [-0.05, 0) is 47.9 Å². The molecule has 2 aromatic rings. The molecule has 1 amide bonds. The van der Waals surface area contributed by atoms with Crippen molar-refractivity contribution in [3.8, 4) is 6.07 Å². The van der Waals surface area contributed by atoms with Crippen molar-refractivity contribution in [1.29, 1.82) is 5.26 Å². The van der Waals surface area contributed by atoms with Crippen molar-refractivity contribution in [2.75, 3.05) is 6.54 Å². The Balaban J connectivity index is 1.94. The number of carbonyl (C=O) groups is 1. The molecule has 1 unspecified atom stereocenters. The fourth-order valence-electron chi connectivity index (χ4n) is 1.95. The number of hydrogen-bond donors (Lipinski definition) is 1. The summed E-state index contributed by atoms with van der Waals surface area (Å²) in [5, 5.41) is 11.5. The van der Waals surface area contributed by atoms with Crippen LogP contribution in [-0.4, -0.2) is 12.5 Å². The van der Waals surface area contributed by atoms with Gasteiger partial charge in [-0.15, -0.1) is 0 Å². The molecular formula is C17H15FN2O. The maximum absolute atomic E-state index is 12.9. The minimum absolute atomic E-state index is 0.0907. The third kappa shape index (κ3) is 3.90. The zero-order chi connectivity index (χ0) is 15.2. The largest absolute Gasteiger partial charge is 0.351 e. The van der Waals surface area contributed by atoms with Crippen LogP contribution in [0.15, 0.2) is 48.5 Å². The first kappa shape index (κ1) is 14.7. The molecular weight excluding hydrogens is 267 g/mol. The van der Waals surface area contributed by atoms with E-state index in [0.29, 0.717) is 17.7 Å². The summed E-state index contributed by atoms with van der Waals surface area (Å²) in [7, 11) is 0. The predicted molar refractivity (Wildman–Crippen MR) is 78.3 cm³/mol. The van der Waals surface area contributed by atoms with E-state index < -0.39 is 0 Å². The zero-order valence-corrected chi connectivity index (χ0v) is 11.6. The van der Waals surface area contributed by atoms with Crippen LogP contribution in [0.2, 0.25) is 0 Å². The third-order valence-corrected chi connectivity index (χ3v) is 3.28. The minimum atomic E-state index is -0.271. The minimum Gasteiger partial charge on any atom is -0.351 e. The van der Waals surface area contributed by atoms with Gasteiger partial charge in [-0.2, -0.15) is 5.26 Å². The number of nitrogens with zero attached hydrogens (tertiary/aromatic N) is 1. The lowest BCUT2D eigenvalue weighted by Gasteiger charge is -2.13. The molecule has 0 radical (unpaired) electrons. The smallest absolute Gasteiger partial charge is 0.251 e. The fourth-order valence-corrected chi connectivity index (χ4v) is 1.95. The van der Waals surface area contributed by atoms with E-state index in [1.54, 1.807) is 36.4 Å². The summed E-state index contributed by atoms with van der Waals surface area (Å²) in [6.07, 6.45) is 0. The quantitative estimate of drug-likeness (QED) is 0.936. The lowest BCUT2D eigenvalue weighted by Crippen LogP contribution is -2.27. The number of nitrogens with one attached hydrogen (secondary N) is 1. The molecule has 0 fully saturated rings. The van der Waals surface area contributed by atoms with Crippen molar-refractivity contribution in [3.63, 3.8) is 0 Å². The van der Waals surface area contributed by atoms with E-state index in [-0.39, 0.29) is 17.6 Å². The first-order valence-corrected chi connectivity index (χ1v) is 6.64. The zero-order valence-electron chi connectivity index (χ0n) is 11.6. The molecule has 2 aromatic carbocycles. The molecule has 2 rings (SSSR count). The van der Waals surface area contributed by atoms with Crippen LogP contribution in [0, 0.1) is 17.1 Å². The molecule has 106 valence electrons. The van der Waals surface area contributed by atoms with Gasteiger partial charge in [-0.1, -0.05) is 19.1 Å². The van der Waals surface area contributed by atoms with Gasteiger partial charge < -0.3 is 5.32 Å². The Hall–Kier alpha value is -2.67. The number of carbonyl (C=O) groups excluding carboxylic acids is 1. The molecule has 0 aliphatic carbocycles. The normalized spacial score (nSPS) is 11.5. The first-order chi connectivity index (χ1) is 10.1. The lowest BCUT2D eigenvalue weighted by molar-refractivity contribution is 0.0951. The monoisotopic (exact) mass is 282 g/mol. The predicted octanol–water partition coefficient (Wildman–Crippen LogP) is 3.23. The standard InChI is InChI=1S/C17H15FN2O/c1-12(14-6-8-16(18)9-7-14)11-20-17(21)15-4-2-13(10-19)3-5-15/h2-9,12H,11H2,1H3,(H,20,21). The van der Waals surface area contributed by atoms with Crippen LogP contribution in [0.25, 0.3) is 0 Å². The van der Waals surface area contributed by atoms with Gasteiger partial charge in [0, 0.05) is 12.1 Å². The number of amides is 1. The van der Waals surface area contributed by atoms with E-state index in [4.69, 9.17) is 5.26 Å². The second kappa shape index (κ2) is 6.67. The number of hydrogen-bond acceptors (Lipinski definition) is 2. The fraction of sp³-hybridized carbons (Fsp3) is 0.176. The van der Waals surface area contributed by atoms with Crippen LogP contribution in [0.1, 0.15) is 34.3 Å². The molecule has 0 aromatic heterocycles. The molecule has 0 bridgehead atoms. The summed E-state index contributed by atoms with van der Waals surface area (Å²) in [5.74, 6) is -0.367. The highest BCUT2D eigenvalue weighted by Crippen LogP contribution is 2.14. The van der Waals surface area contributed by atoms with Gasteiger partial charge in [-0.25, -0.2) is 4.39 Å². The highest BCUT2D eigenvalue weighted by molar-refractivity contribution is 5.94. The molecule has 21 heavy (non-hydrogen) atoms. The van der Waals surface area contributed by atoms with Gasteiger partial charge >= 0.3 is 0 Å². The van der Waals surface area contributed by atoms with Gasteiger partial charge in [-0.3, -0.25) is 4.79 Å². The third-order valence-electron chi connectivity index (χ3n) is 3.28. The highest BCUT2D eigenvalue weighted by atomic mass is 19.1. The van der Waals surface area contributed by atoms with Gasteiger partial charge in [0.2, 0.25) is 0 Å². The van der Waals surface area contributed by atoms with Crippen molar-refractivity contribution in [3.05, 3.63) is 71.0 Å². The molecule has 0 aliphatic heterocycles. The number of halogens is 1. The van der Waals surface area contributed by atoms with Crippen molar-refractivity contribution < 1.29 is 9.18 Å². The summed E-state index contributed by atoms with van der Waals surface area (Å²) in [4.78, 5) is 12.0. The topological polar surface area (TPSA) is 52.9 Å². The van der Waals surface area contributed by atoms with Crippen LogP contribution < -0.4 is 5.32 Å². The lowest BCUT2D eigenvalue weighted by atomic mass is 10.0. The summed E-state index contributed by atoms with van der Waals surface area (Å²) in [6, 6.07) is 14.7. The average molecular weight is 282 g/mol. The Morgan fingerprint density at radius 2 is 1.81 bits per heavy atom. The highest BCUT2D eigenvalue weighted by Gasteiger charge is 2.09. The Kier molecular flexibility index (Phi) is 4.68. The van der Waals surface area contributed by atoms with Crippen molar-refractivity contribution in [2.45, 2.75) is 12.8 Å². The van der Waals surface area contributed by atoms with E-state index in [2.05, 4.69) is 5.32 Å². The molecule has 0 aliphatic rings. The molecule has 4 heteroatoms.